The van der Waals surface area contributed by atoms with Gasteiger partial charge in [0.1, 0.15) is 0 Å². The summed E-state index contributed by atoms with van der Waals surface area (Å²) in [5, 5.41) is 0. The molecule has 2 aliphatic carbocycles. The molecule has 2 saturated carbocycles. The summed E-state index contributed by atoms with van der Waals surface area (Å²) < 4.78 is 23.7. The molecular weight excluding hydrogens is 110 g/mol. The lowest BCUT2D eigenvalue weighted by Crippen LogP contribution is -1.84. The molecule has 0 radical (unpaired) electrons. The highest BCUT2D eigenvalue weighted by atomic mass is 19.1. The minimum atomic E-state index is -0.295. The van der Waals surface area contributed by atoms with Gasteiger partial charge in [-0.15, -0.1) is 0 Å². The molecule has 2 fully saturated rings. The van der Waals surface area contributed by atoms with E-state index in [2.05, 4.69) is 0 Å². The van der Waals surface area contributed by atoms with Crippen molar-refractivity contribution >= 4 is 0 Å². The molecule has 0 aromatic rings. The van der Waals surface area contributed by atoms with Crippen molar-refractivity contribution < 1.29 is 8.78 Å². The van der Waals surface area contributed by atoms with Crippen LogP contribution < -0.4 is 0 Å². The van der Waals surface area contributed by atoms with E-state index in [1.165, 1.54) is 0 Å². The first-order valence-electron chi connectivity index (χ1n) is 2.91. The molecule has 0 spiro atoms. The first-order chi connectivity index (χ1) is 3.79. The molecular formula is C6H8F2. The summed E-state index contributed by atoms with van der Waals surface area (Å²) in [5.74, 6) is 0. The third-order valence-corrected chi connectivity index (χ3v) is 2.74. The largest absolute Gasteiger partial charge is 0.250 e. The van der Waals surface area contributed by atoms with Crippen molar-refractivity contribution in [2.45, 2.75) is 12.8 Å². The molecule has 2 aliphatic rings. The van der Waals surface area contributed by atoms with Crippen LogP contribution in [-0.4, -0.2) is 13.3 Å². The highest BCUT2D eigenvalue weighted by Crippen LogP contribution is 2.86. The zero-order valence-corrected chi connectivity index (χ0v) is 4.58. The lowest BCUT2D eigenvalue weighted by atomic mass is 10.2. The Morgan fingerprint density at radius 3 is 1.50 bits per heavy atom. The number of fused-ring (bicyclic) bond motifs is 1. The summed E-state index contributed by atoms with van der Waals surface area (Å²) in [4.78, 5) is 0. The molecule has 46 valence electrons. The van der Waals surface area contributed by atoms with Crippen molar-refractivity contribution in [3.05, 3.63) is 0 Å². The van der Waals surface area contributed by atoms with Crippen LogP contribution in [0.1, 0.15) is 12.8 Å². The second-order valence-electron chi connectivity index (χ2n) is 3.18. The zero-order valence-electron chi connectivity index (χ0n) is 4.58. The normalized spacial score (nSPS) is 57.8. The molecule has 0 atom stereocenters. The molecule has 0 saturated heterocycles. The summed E-state index contributed by atoms with van der Waals surface area (Å²) in [6.07, 6.45) is 1.62. The quantitative estimate of drug-likeness (QED) is 0.517. The fourth-order valence-corrected chi connectivity index (χ4v) is 1.63. The van der Waals surface area contributed by atoms with Crippen LogP contribution in [0.5, 0.6) is 0 Å². The Hall–Kier alpha value is -0.140. The highest BCUT2D eigenvalue weighted by molar-refractivity contribution is 5.30. The maximum absolute atomic E-state index is 11.9. The third kappa shape index (κ3) is 0.265. The van der Waals surface area contributed by atoms with Gasteiger partial charge in [0.2, 0.25) is 0 Å². The van der Waals surface area contributed by atoms with E-state index in [1.54, 1.807) is 0 Å². The van der Waals surface area contributed by atoms with E-state index in [0.717, 1.165) is 12.8 Å². The van der Waals surface area contributed by atoms with Gasteiger partial charge in [-0.1, -0.05) is 0 Å². The summed E-state index contributed by atoms with van der Waals surface area (Å²) in [7, 11) is 0. The number of hydrogen-bond acceptors (Lipinski definition) is 0. The molecule has 0 unspecified atom stereocenters. The van der Waals surface area contributed by atoms with Crippen molar-refractivity contribution in [3.8, 4) is 0 Å². The molecule has 0 nitrogen and oxygen atoms in total. The maximum atomic E-state index is 11.9. The van der Waals surface area contributed by atoms with E-state index in [1.807, 2.05) is 0 Å². The minimum absolute atomic E-state index is 0.137. The van der Waals surface area contributed by atoms with E-state index in [9.17, 15) is 8.78 Å². The topological polar surface area (TPSA) is 0 Å². The fraction of sp³-hybridized carbons (Fsp3) is 1.00. The molecule has 8 heavy (non-hydrogen) atoms. The second kappa shape index (κ2) is 0.937. The van der Waals surface area contributed by atoms with Crippen LogP contribution in [0.2, 0.25) is 0 Å². The van der Waals surface area contributed by atoms with Crippen LogP contribution in [0.15, 0.2) is 0 Å². The van der Waals surface area contributed by atoms with E-state index in [0.29, 0.717) is 0 Å². The molecule has 0 aromatic heterocycles. The standard InChI is InChI=1S/C6H8F2/c7-3-5-1-6(5,2-5)4-8/h1-4H2. The summed E-state index contributed by atoms with van der Waals surface area (Å²) >= 11 is 0. The van der Waals surface area contributed by atoms with Crippen LogP contribution in [-0.2, 0) is 0 Å². The smallest absolute Gasteiger partial charge is 0.0957 e. The zero-order chi connectivity index (χ0) is 5.83. The molecule has 0 aliphatic heterocycles. The van der Waals surface area contributed by atoms with Crippen LogP contribution >= 0.6 is 0 Å². The van der Waals surface area contributed by atoms with Gasteiger partial charge >= 0.3 is 0 Å². The molecule has 0 aromatic carbocycles. The van der Waals surface area contributed by atoms with Crippen molar-refractivity contribution in [3.63, 3.8) is 0 Å². The molecule has 0 heterocycles. The Morgan fingerprint density at radius 2 is 1.38 bits per heavy atom. The average Bonchev–Trinajstić information content (AvgIpc) is 2.48. The number of hydrogen-bond donors (Lipinski definition) is 0. The average molecular weight is 118 g/mol. The van der Waals surface area contributed by atoms with Crippen LogP contribution in [0.25, 0.3) is 0 Å². The number of alkyl halides is 2. The monoisotopic (exact) mass is 118 g/mol. The van der Waals surface area contributed by atoms with Gasteiger partial charge in [0.15, 0.2) is 0 Å². The van der Waals surface area contributed by atoms with Gasteiger partial charge in [-0.25, -0.2) is 0 Å². The minimum Gasteiger partial charge on any atom is -0.250 e. The van der Waals surface area contributed by atoms with Gasteiger partial charge in [-0.2, -0.15) is 0 Å². The number of halogens is 2. The lowest BCUT2D eigenvalue weighted by molar-refractivity contribution is 0.393. The summed E-state index contributed by atoms with van der Waals surface area (Å²) in [6.45, 7) is -0.589. The maximum Gasteiger partial charge on any atom is 0.0957 e. The fourth-order valence-electron chi connectivity index (χ4n) is 1.63. The third-order valence-electron chi connectivity index (χ3n) is 2.74. The van der Waals surface area contributed by atoms with Crippen molar-refractivity contribution in [1.82, 2.24) is 0 Å². The molecule has 0 amide bonds. The highest BCUT2D eigenvalue weighted by Gasteiger charge is 2.83. The molecule has 0 bridgehead atoms. The van der Waals surface area contributed by atoms with E-state index >= 15 is 0 Å². The van der Waals surface area contributed by atoms with Crippen LogP contribution in [0.3, 0.4) is 0 Å². The Balaban J connectivity index is 2.04. The predicted molar refractivity (Wildman–Crippen MR) is 26.0 cm³/mol. The first-order valence-corrected chi connectivity index (χ1v) is 2.91. The van der Waals surface area contributed by atoms with Gasteiger partial charge in [0, 0.05) is 10.8 Å². The van der Waals surface area contributed by atoms with Gasteiger partial charge in [-0.3, -0.25) is 8.78 Å². The summed E-state index contributed by atoms with van der Waals surface area (Å²) in [5.41, 5.74) is -0.274. The second-order valence-corrected chi connectivity index (χ2v) is 3.18. The molecule has 0 N–H and O–H groups in total. The number of rotatable bonds is 2. The van der Waals surface area contributed by atoms with Crippen LogP contribution in [0, 0.1) is 10.8 Å². The van der Waals surface area contributed by atoms with Gasteiger partial charge < -0.3 is 0 Å². The Labute approximate surface area is 46.9 Å². The Morgan fingerprint density at radius 1 is 1.00 bits per heavy atom. The Kier molecular flexibility index (Phi) is 0.552. The van der Waals surface area contributed by atoms with Crippen molar-refractivity contribution in [2.24, 2.45) is 10.8 Å². The summed E-state index contributed by atoms with van der Waals surface area (Å²) in [6, 6.07) is 0. The lowest BCUT2D eigenvalue weighted by Gasteiger charge is -1.88. The molecule has 2 heteroatoms. The molecule has 2 rings (SSSR count). The van der Waals surface area contributed by atoms with Gasteiger partial charge in [0.05, 0.1) is 13.3 Å². The Bertz CT molecular complexity index is 110. The first kappa shape index (κ1) is 4.71. The van der Waals surface area contributed by atoms with Gasteiger partial charge in [0.25, 0.3) is 0 Å². The van der Waals surface area contributed by atoms with Gasteiger partial charge in [-0.05, 0) is 12.8 Å². The van der Waals surface area contributed by atoms with Crippen molar-refractivity contribution in [2.75, 3.05) is 13.3 Å². The van der Waals surface area contributed by atoms with E-state index in [-0.39, 0.29) is 24.2 Å². The van der Waals surface area contributed by atoms with E-state index < -0.39 is 0 Å². The predicted octanol–water partition coefficient (Wildman–Crippen LogP) is 1.71. The SMILES string of the molecule is FCC12CC1(CF)C2. The van der Waals surface area contributed by atoms with Crippen molar-refractivity contribution in [1.29, 1.82) is 0 Å². The van der Waals surface area contributed by atoms with E-state index in [4.69, 9.17) is 0 Å². The van der Waals surface area contributed by atoms with Crippen LogP contribution in [0.4, 0.5) is 8.78 Å².